The van der Waals surface area contributed by atoms with Gasteiger partial charge in [-0.25, -0.2) is 19.1 Å². The zero-order valence-corrected chi connectivity index (χ0v) is 7.40. The number of nitrogens with one attached hydrogen (secondary N) is 3. The van der Waals surface area contributed by atoms with Gasteiger partial charge in [0.2, 0.25) is 5.52 Å². The molecule has 0 radical (unpaired) electrons. The number of aliphatic carboxylic acids is 1. The molecule has 0 aliphatic heterocycles. The lowest BCUT2D eigenvalue weighted by atomic mass is 10.5. The molecule has 0 saturated carbocycles. The van der Waals surface area contributed by atoms with E-state index in [1.165, 1.54) is 10.9 Å². The van der Waals surface area contributed by atoms with Crippen LogP contribution in [0.4, 0.5) is 0 Å². The van der Waals surface area contributed by atoms with Crippen LogP contribution in [0.1, 0.15) is 0 Å². The maximum absolute atomic E-state index is 11.2. The van der Waals surface area contributed by atoms with Crippen LogP contribution >= 0.6 is 0 Å². The van der Waals surface area contributed by atoms with Crippen LogP contribution in [0.3, 0.4) is 0 Å². The molecule has 0 aromatic carbocycles. The molecule has 8 heteroatoms. The molecule has 78 valence electrons. The summed E-state index contributed by atoms with van der Waals surface area (Å²) in [5.74, 6) is -1.07. The summed E-state index contributed by atoms with van der Waals surface area (Å²) >= 11 is 0. The Morgan fingerprint density at radius 1 is 1.40 bits per heavy atom. The highest BCUT2D eigenvalue weighted by Gasteiger charge is 2.15. The summed E-state index contributed by atoms with van der Waals surface area (Å²) in [6.45, 7) is -0.334. The van der Waals surface area contributed by atoms with Gasteiger partial charge in [-0.2, -0.15) is 0 Å². The third-order valence-electron chi connectivity index (χ3n) is 1.88. The molecule has 8 nitrogen and oxygen atoms in total. The zero-order chi connectivity index (χ0) is 11.0. The van der Waals surface area contributed by atoms with E-state index in [0.717, 1.165) is 0 Å². The molecule has 0 fully saturated rings. The molecule has 0 saturated heterocycles. The van der Waals surface area contributed by atoms with Crippen molar-refractivity contribution in [3.05, 3.63) is 27.2 Å². The van der Waals surface area contributed by atoms with Gasteiger partial charge in [-0.15, -0.1) is 0 Å². The van der Waals surface area contributed by atoms with Gasteiger partial charge in [0.25, 0.3) is 11.2 Å². The van der Waals surface area contributed by atoms with Gasteiger partial charge in [-0.3, -0.25) is 14.8 Å². The lowest BCUT2D eigenvalue weighted by Gasteiger charge is -1.91. The first-order chi connectivity index (χ1) is 7.08. The molecule has 2 rings (SSSR count). The number of aromatic amines is 3. The lowest BCUT2D eigenvalue weighted by Crippen LogP contribution is -2.39. The van der Waals surface area contributed by atoms with E-state index < -0.39 is 17.2 Å². The number of fused-ring (bicyclic) bond motifs is 1. The maximum atomic E-state index is 11.2. The van der Waals surface area contributed by atoms with Gasteiger partial charge in [-0.1, -0.05) is 0 Å². The van der Waals surface area contributed by atoms with Gasteiger partial charge in [0.05, 0.1) is 0 Å². The van der Waals surface area contributed by atoms with Crippen molar-refractivity contribution in [3.8, 4) is 0 Å². The van der Waals surface area contributed by atoms with E-state index in [1.807, 2.05) is 4.98 Å². The second-order valence-electron chi connectivity index (χ2n) is 2.93. The van der Waals surface area contributed by atoms with E-state index in [-0.39, 0.29) is 17.7 Å². The molecular weight excluding hydrogens is 204 g/mol. The molecular formula is C7H7N4O4+. The van der Waals surface area contributed by atoms with Crippen molar-refractivity contribution < 1.29 is 14.5 Å². The molecule has 2 aromatic heterocycles. The summed E-state index contributed by atoms with van der Waals surface area (Å²) in [6, 6.07) is 0. The lowest BCUT2D eigenvalue weighted by molar-refractivity contribution is -0.661. The Labute approximate surface area is 81.2 Å². The monoisotopic (exact) mass is 211 g/mol. The molecule has 2 aromatic rings. The highest BCUT2D eigenvalue weighted by Crippen LogP contribution is 1.92. The number of carbonyl (C=O) groups is 1. The molecule has 0 amide bonds. The molecule has 2 heterocycles. The molecule has 0 unspecified atom stereocenters. The Bertz CT molecular complexity index is 634. The highest BCUT2D eigenvalue weighted by molar-refractivity contribution is 5.67. The second kappa shape index (κ2) is 3.08. The van der Waals surface area contributed by atoms with Crippen LogP contribution in [0.2, 0.25) is 0 Å². The van der Waals surface area contributed by atoms with Crippen molar-refractivity contribution in [2.45, 2.75) is 6.54 Å². The summed E-state index contributed by atoms with van der Waals surface area (Å²) < 4.78 is 1.23. The van der Waals surface area contributed by atoms with E-state index in [4.69, 9.17) is 5.11 Å². The largest absolute Gasteiger partial charge is 0.479 e. The SMILES string of the molecule is O=C(O)C[n+]1c[nH]c2c(=O)[nH]c(=O)[nH]c21. The average molecular weight is 211 g/mol. The van der Waals surface area contributed by atoms with Gasteiger partial charge in [0, 0.05) is 0 Å². The number of carboxylic acids is 1. The van der Waals surface area contributed by atoms with Crippen molar-refractivity contribution in [1.29, 1.82) is 0 Å². The molecule has 0 spiro atoms. The minimum atomic E-state index is -1.07. The highest BCUT2D eigenvalue weighted by atomic mass is 16.4. The van der Waals surface area contributed by atoms with Crippen LogP contribution in [0.25, 0.3) is 11.2 Å². The van der Waals surface area contributed by atoms with Crippen molar-refractivity contribution >= 4 is 17.1 Å². The molecule has 15 heavy (non-hydrogen) atoms. The van der Waals surface area contributed by atoms with Crippen LogP contribution in [0.15, 0.2) is 15.9 Å². The Morgan fingerprint density at radius 2 is 2.13 bits per heavy atom. The first-order valence-corrected chi connectivity index (χ1v) is 4.03. The van der Waals surface area contributed by atoms with Gasteiger partial charge in [-0.05, 0) is 0 Å². The Morgan fingerprint density at radius 3 is 2.80 bits per heavy atom. The molecule has 0 aliphatic rings. The van der Waals surface area contributed by atoms with E-state index >= 15 is 0 Å². The quantitative estimate of drug-likeness (QED) is 0.425. The van der Waals surface area contributed by atoms with Crippen LogP contribution in [-0.2, 0) is 11.3 Å². The number of H-pyrrole nitrogens is 3. The Balaban J connectivity index is 2.74. The van der Waals surface area contributed by atoms with Crippen LogP contribution in [-0.4, -0.2) is 26.0 Å². The minimum absolute atomic E-state index is 0.135. The Kier molecular flexibility index (Phi) is 1.89. The number of carboxylic acid groups (broad SMARTS) is 1. The van der Waals surface area contributed by atoms with Crippen molar-refractivity contribution in [1.82, 2.24) is 15.0 Å². The fourth-order valence-corrected chi connectivity index (χ4v) is 1.30. The predicted molar refractivity (Wildman–Crippen MR) is 47.4 cm³/mol. The minimum Gasteiger partial charge on any atom is -0.479 e. The zero-order valence-electron chi connectivity index (χ0n) is 7.40. The third kappa shape index (κ3) is 1.52. The van der Waals surface area contributed by atoms with Crippen molar-refractivity contribution in [2.75, 3.05) is 0 Å². The van der Waals surface area contributed by atoms with Gasteiger partial charge in [0.1, 0.15) is 0 Å². The van der Waals surface area contributed by atoms with E-state index in [9.17, 15) is 14.4 Å². The summed E-state index contributed by atoms with van der Waals surface area (Å²) in [7, 11) is 0. The molecule has 0 aliphatic carbocycles. The van der Waals surface area contributed by atoms with E-state index in [2.05, 4.69) is 9.97 Å². The van der Waals surface area contributed by atoms with E-state index in [0.29, 0.717) is 0 Å². The summed E-state index contributed by atoms with van der Waals surface area (Å²) in [5.41, 5.74) is -0.967. The first kappa shape index (κ1) is 9.19. The van der Waals surface area contributed by atoms with Gasteiger partial charge in [0.15, 0.2) is 12.9 Å². The maximum Gasteiger partial charge on any atom is 0.384 e. The van der Waals surface area contributed by atoms with Gasteiger partial charge >= 0.3 is 11.7 Å². The van der Waals surface area contributed by atoms with Crippen molar-refractivity contribution in [2.24, 2.45) is 0 Å². The van der Waals surface area contributed by atoms with Crippen LogP contribution in [0.5, 0.6) is 0 Å². The summed E-state index contributed by atoms with van der Waals surface area (Å²) in [6.07, 6.45) is 1.31. The first-order valence-electron chi connectivity index (χ1n) is 4.03. The number of aromatic nitrogens is 4. The topological polar surface area (TPSA) is 123 Å². The Hall–Kier alpha value is -2.38. The summed E-state index contributed by atoms with van der Waals surface area (Å²) in [4.78, 5) is 39.6. The standard InChI is InChI=1S/C7H6N4O4/c12-3(13)1-11-2-8-4-5(11)9-7(15)10-6(4)14/h2H,1H2,(H3,9,10,12,13,14,15)/p+1. The normalized spacial score (nSPS) is 10.7. The number of hydrogen-bond donors (Lipinski definition) is 4. The molecule has 0 bridgehead atoms. The van der Waals surface area contributed by atoms with E-state index in [1.54, 1.807) is 0 Å². The fraction of sp³-hybridized carbons (Fsp3) is 0.143. The smallest absolute Gasteiger partial charge is 0.384 e. The number of imidazole rings is 1. The summed E-state index contributed by atoms with van der Waals surface area (Å²) in [5, 5.41) is 8.57. The number of rotatable bonds is 2. The third-order valence-corrected chi connectivity index (χ3v) is 1.88. The van der Waals surface area contributed by atoms with Gasteiger partial charge < -0.3 is 5.11 Å². The van der Waals surface area contributed by atoms with Crippen LogP contribution < -0.4 is 15.8 Å². The fourth-order valence-electron chi connectivity index (χ4n) is 1.30. The van der Waals surface area contributed by atoms with Crippen LogP contribution in [0, 0.1) is 0 Å². The number of nitrogens with zero attached hydrogens (tertiary/aromatic N) is 1. The molecule has 0 atom stereocenters. The predicted octanol–water partition coefficient (Wildman–Crippen LogP) is -2.08. The van der Waals surface area contributed by atoms with Crippen molar-refractivity contribution in [3.63, 3.8) is 0 Å². The number of hydrogen-bond acceptors (Lipinski definition) is 3. The molecule has 4 N–H and O–H groups in total. The second-order valence-corrected chi connectivity index (χ2v) is 2.93. The average Bonchev–Trinajstić information content (AvgIpc) is 2.48.